The molecule has 1 aliphatic heterocycles. The van der Waals surface area contributed by atoms with Gasteiger partial charge in [0.1, 0.15) is 4.88 Å². The summed E-state index contributed by atoms with van der Waals surface area (Å²) in [4.78, 5) is 20.1. The van der Waals surface area contributed by atoms with Crippen molar-refractivity contribution in [2.45, 2.75) is 53.5 Å². The molecule has 2 heterocycles. The number of carbonyl (C=O) groups is 1. The molecule has 1 aromatic rings. The van der Waals surface area contributed by atoms with E-state index in [0.717, 1.165) is 41.5 Å². The Morgan fingerprint density at radius 2 is 2.04 bits per heavy atom. The number of hydrogen-bond donors (Lipinski definition) is 1. The molecule has 0 spiro atoms. The lowest BCUT2D eigenvalue weighted by molar-refractivity contribution is 0.0536. The number of nitrogens with zero attached hydrogens (tertiary/aromatic N) is 2. The summed E-state index contributed by atoms with van der Waals surface area (Å²) >= 11 is 1.56. The molecule has 0 aliphatic carbocycles. The minimum absolute atomic E-state index is 0. The topological polar surface area (TPSA) is 59.2 Å². The molecule has 1 atom stereocenters. The molecule has 0 saturated carbocycles. The van der Waals surface area contributed by atoms with E-state index in [1.54, 1.807) is 11.3 Å². The van der Waals surface area contributed by atoms with Crippen LogP contribution >= 0.6 is 36.2 Å². The second-order valence-corrected chi connectivity index (χ2v) is 8.31. The Morgan fingerprint density at radius 3 is 2.57 bits per heavy atom. The maximum Gasteiger partial charge on any atom is 0.265 e. The molecular weight excluding hydrogens is 353 g/mol. The van der Waals surface area contributed by atoms with Crippen molar-refractivity contribution < 1.29 is 4.79 Å². The molecule has 2 N–H and O–H groups in total. The predicted octanol–water partition coefficient (Wildman–Crippen LogP) is 3.69. The van der Waals surface area contributed by atoms with Crippen LogP contribution in [0.25, 0.3) is 0 Å². The van der Waals surface area contributed by atoms with Crippen LogP contribution in [0.1, 0.15) is 54.5 Å². The van der Waals surface area contributed by atoms with Gasteiger partial charge in [0, 0.05) is 25.6 Å². The maximum atomic E-state index is 12.8. The van der Waals surface area contributed by atoms with Crippen LogP contribution in [-0.2, 0) is 6.42 Å². The number of amides is 1. The SMILES string of the molecule is Cc1nc(CC(C)C)sc1C(=O)N1CCC(N)C(C)(C)C1.Cl.Cl. The van der Waals surface area contributed by atoms with Gasteiger partial charge in [-0.1, -0.05) is 27.7 Å². The zero-order chi connectivity index (χ0) is 15.8. The highest BCUT2D eigenvalue weighted by atomic mass is 35.5. The molecule has 134 valence electrons. The lowest BCUT2D eigenvalue weighted by Gasteiger charge is -2.42. The number of carbonyl (C=O) groups excluding carboxylic acids is 1. The number of piperidine rings is 1. The summed E-state index contributed by atoms with van der Waals surface area (Å²) in [5.74, 6) is 0.686. The predicted molar refractivity (Wildman–Crippen MR) is 102 cm³/mol. The van der Waals surface area contributed by atoms with Gasteiger partial charge >= 0.3 is 0 Å². The van der Waals surface area contributed by atoms with Crippen LogP contribution in [0, 0.1) is 18.3 Å². The number of aryl methyl sites for hydroxylation is 1. The average Bonchev–Trinajstić information content (AvgIpc) is 2.71. The number of rotatable bonds is 3. The molecule has 1 aromatic heterocycles. The number of thiazole rings is 1. The first-order valence-corrected chi connectivity index (χ1v) is 8.53. The van der Waals surface area contributed by atoms with Crippen molar-refractivity contribution in [2.75, 3.05) is 13.1 Å². The summed E-state index contributed by atoms with van der Waals surface area (Å²) in [6.45, 7) is 12.0. The Balaban J connectivity index is 0.00000242. The van der Waals surface area contributed by atoms with E-state index in [9.17, 15) is 4.79 Å². The van der Waals surface area contributed by atoms with E-state index in [0.29, 0.717) is 5.92 Å². The highest BCUT2D eigenvalue weighted by molar-refractivity contribution is 7.13. The van der Waals surface area contributed by atoms with Gasteiger partial charge in [0.25, 0.3) is 5.91 Å². The summed E-state index contributed by atoms with van der Waals surface area (Å²) in [6, 6.07) is 0.167. The van der Waals surface area contributed by atoms with Crippen LogP contribution in [0.5, 0.6) is 0 Å². The third-order valence-corrected chi connectivity index (χ3v) is 5.39. The van der Waals surface area contributed by atoms with Gasteiger partial charge in [-0.05, 0) is 24.7 Å². The molecule has 1 aliphatic rings. The third-order valence-electron chi connectivity index (χ3n) is 4.22. The quantitative estimate of drug-likeness (QED) is 0.867. The normalized spacial score (nSPS) is 20.0. The van der Waals surface area contributed by atoms with Crippen molar-refractivity contribution in [3.8, 4) is 0 Å². The van der Waals surface area contributed by atoms with Gasteiger partial charge < -0.3 is 10.6 Å². The molecular formula is C16H29Cl2N3OS. The van der Waals surface area contributed by atoms with Crippen LogP contribution in [0.3, 0.4) is 0 Å². The van der Waals surface area contributed by atoms with Gasteiger partial charge in [-0.3, -0.25) is 4.79 Å². The highest BCUT2D eigenvalue weighted by Crippen LogP contribution is 2.30. The Labute approximate surface area is 156 Å². The van der Waals surface area contributed by atoms with Crippen molar-refractivity contribution in [1.82, 2.24) is 9.88 Å². The fourth-order valence-electron chi connectivity index (χ4n) is 2.78. The zero-order valence-electron chi connectivity index (χ0n) is 14.6. The van der Waals surface area contributed by atoms with Crippen molar-refractivity contribution >= 4 is 42.1 Å². The lowest BCUT2D eigenvalue weighted by Crippen LogP contribution is -2.53. The van der Waals surface area contributed by atoms with Crippen molar-refractivity contribution in [1.29, 1.82) is 0 Å². The van der Waals surface area contributed by atoms with Gasteiger partial charge in [-0.15, -0.1) is 36.2 Å². The molecule has 1 amide bonds. The van der Waals surface area contributed by atoms with E-state index in [1.807, 2.05) is 11.8 Å². The van der Waals surface area contributed by atoms with E-state index in [2.05, 4.69) is 32.7 Å². The van der Waals surface area contributed by atoms with Crippen molar-refractivity contribution in [3.05, 3.63) is 15.6 Å². The standard InChI is InChI=1S/C16H27N3OS.2ClH/c1-10(2)8-13-18-11(3)14(21-13)15(20)19-7-6-12(17)16(4,5)9-19;;/h10,12H,6-9,17H2,1-5H3;2*1H. The average molecular weight is 382 g/mol. The minimum Gasteiger partial charge on any atom is -0.337 e. The monoisotopic (exact) mass is 381 g/mol. The number of hydrogen-bond acceptors (Lipinski definition) is 4. The first-order valence-electron chi connectivity index (χ1n) is 7.72. The van der Waals surface area contributed by atoms with E-state index in [4.69, 9.17) is 5.73 Å². The molecule has 2 rings (SSSR count). The summed E-state index contributed by atoms with van der Waals surface area (Å²) in [7, 11) is 0. The number of aromatic nitrogens is 1. The lowest BCUT2D eigenvalue weighted by atomic mass is 9.79. The zero-order valence-corrected chi connectivity index (χ0v) is 17.0. The minimum atomic E-state index is -0.0206. The Bertz CT molecular complexity index is 531. The summed E-state index contributed by atoms with van der Waals surface area (Å²) in [5, 5.41) is 1.07. The Hall–Kier alpha value is -0.360. The fraction of sp³-hybridized carbons (Fsp3) is 0.750. The summed E-state index contributed by atoms with van der Waals surface area (Å²) in [5.41, 5.74) is 7.00. The summed E-state index contributed by atoms with van der Waals surface area (Å²) < 4.78 is 0. The van der Waals surface area contributed by atoms with Crippen LogP contribution in [-0.4, -0.2) is 34.9 Å². The van der Waals surface area contributed by atoms with Gasteiger partial charge in [0.15, 0.2) is 0 Å². The van der Waals surface area contributed by atoms with Crippen LogP contribution in [0.4, 0.5) is 0 Å². The molecule has 0 aromatic carbocycles. The second-order valence-electron chi connectivity index (χ2n) is 7.23. The smallest absolute Gasteiger partial charge is 0.265 e. The number of likely N-dealkylation sites (tertiary alicyclic amines) is 1. The van der Waals surface area contributed by atoms with Crippen LogP contribution in [0.2, 0.25) is 0 Å². The van der Waals surface area contributed by atoms with E-state index in [1.165, 1.54) is 0 Å². The van der Waals surface area contributed by atoms with E-state index in [-0.39, 0.29) is 42.2 Å². The van der Waals surface area contributed by atoms with Gasteiger partial charge in [-0.2, -0.15) is 0 Å². The first kappa shape index (κ1) is 22.6. The molecule has 0 bridgehead atoms. The van der Waals surface area contributed by atoms with Crippen LogP contribution in [0.15, 0.2) is 0 Å². The van der Waals surface area contributed by atoms with Gasteiger partial charge in [0.2, 0.25) is 0 Å². The van der Waals surface area contributed by atoms with Crippen molar-refractivity contribution in [2.24, 2.45) is 17.1 Å². The highest BCUT2D eigenvalue weighted by Gasteiger charge is 2.36. The number of nitrogens with two attached hydrogens (primary N) is 1. The Morgan fingerprint density at radius 1 is 1.43 bits per heavy atom. The maximum absolute atomic E-state index is 12.8. The fourth-order valence-corrected chi connectivity index (χ4v) is 4.02. The summed E-state index contributed by atoms with van der Waals surface area (Å²) in [6.07, 6.45) is 1.81. The second kappa shape index (κ2) is 8.65. The van der Waals surface area contributed by atoms with E-state index < -0.39 is 0 Å². The third kappa shape index (κ3) is 5.31. The number of halogens is 2. The molecule has 0 radical (unpaired) electrons. The molecule has 23 heavy (non-hydrogen) atoms. The van der Waals surface area contributed by atoms with Crippen molar-refractivity contribution in [3.63, 3.8) is 0 Å². The van der Waals surface area contributed by atoms with Gasteiger partial charge in [-0.25, -0.2) is 4.98 Å². The van der Waals surface area contributed by atoms with Crippen LogP contribution < -0.4 is 5.73 Å². The molecule has 1 saturated heterocycles. The Kier molecular flexibility index (Phi) is 8.52. The molecule has 4 nitrogen and oxygen atoms in total. The molecule has 1 unspecified atom stereocenters. The molecule has 7 heteroatoms. The molecule has 1 fully saturated rings. The first-order chi connectivity index (χ1) is 9.70. The van der Waals surface area contributed by atoms with Gasteiger partial charge in [0.05, 0.1) is 10.7 Å². The van der Waals surface area contributed by atoms with E-state index >= 15 is 0 Å². The largest absolute Gasteiger partial charge is 0.337 e.